The Bertz CT molecular complexity index is 794. The molecular weight excluding hydrogens is 463 g/mol. The number of guanidine groups is 1. The summed E-state index contributed by atoms with van der Waals surface area (Å²) in [5.74, 6) is 0.599. The van der Waals surface area contributed by atoms with Gasteiger partial charge in [0.1, 0.15) is 0 Å². The van der Waals surface area contributed by atoms with Gasteiger partial charge in [0.15, 0.2) is 5.96 Å². The highest BCUT2D eigenvalue weighted by Crippen LogP contribution is 2.07. The predicted octanol–water partition coefficient (Wildman–Crippen LogP) is 2.72. The van der Waals surface area contributed by atoms with Crippen LogP contribution in [-0.4, -0.2) is 33.7 Å². The van der Waals surface area contributed by atoms with Gasteiger partial charge in [-0.25, -0.2) is 18.1 Å². The monoisotopic (exact) mass is 488 g/mol. The SMILES string of the molecule is Cc1ccc(CN=C(NCCNS(C)(=O)=O)Nc2ccccc2)cc1.I. The smallest absolute Gasteiger partial charge is 0.208 e. The number of sulfonamides is 1. The van der Waals surface area contributed by atoms with E-state index in [-0.39, 0.29) is 24.0 Å². The summed E-state index contributed by atoms with van der Waals surface area (Å²) in [5, 5.41) is 6.35. The van der Waals surface area contributed by atoms with Gasteiger partial charge in [0.05, 0.1) is 12.8 Å². The molecule has 0 atom stereocenters. The Morgan fingerprint density at radius 1 is 1.00 bits per heavy atom. The Labute approximate surface area is 172 Å². The third-order valence-corrected chi connectivity index (χ3v) is 4.09. The number of para-hydroxylation sites is 1. The maximum Gasteiger partial charge on any atom is 0.208 e. The summed E-state index contributed by atoms with van der Waals surface area (Å²) in [7, 11) is -3.19. The minimum atomic E-state index is -3.19. The maximum atomic E-state index is 11.1. The Balaban J connectivity index is 0.00000338. The minimum absolute atomic E-state index is 0. The molecule has 6 nitrogen and oxygen atoms in total. The topological polar surface area (TPSA) is 82.6 Å². The van der Waals surface area contributed by atoms with Crippen LogP contribution in [0, 0.1) is 6.92 Å². The van der Waals surface area contributed by atoms with Crippen LogP contribution < -0.4 is 15.4 Å². The summed E-state index contributed by atoms with van der Waals surface area (Å²) in [5.41, 5.74) is 3.23. The van der Waals surface area contributed by atoms with Crippen LogP contribution in [-0.2, 0) is 16.6 Å². The number of benzene rings is 2. The number of rotatable bonds is 7. The van der Waals surface area contributed by atoms with Crippen molar-refractivity contribution >= 4 is 45.6 Å². The van der Waals surface area contributed by atoms with Crippen molar-refractivity contribution < 1.29 is 8.42 Å². The van der Waals surface area contributed by atoms with Crippen molar-refractivity contribution in [2.45, 2.75) is 13.5 Å². The van der Waals surface area contributed by atoms with Crippen molar-refractivity contribution in [3.63, 3.8) is 0 Å². The summed E-state index contributed by atoms with van der Waals surface area (Å²) in [6, 6.07) is 17.9. The van der Waals surface area contributed by atoms with Gasteiger partial charge in [0.25, 0.3) is 0 Å². The fourth-order valence-corrected chi connectivity index (χ4v) is 2.55. The van der Waals surface area contributed by atoms with Gasteiger partial charge in [0.2, 0.25) is 10.0 Å². The Morgan fingerprint density at radius 3 is 2.27 bits per heavy atom. The van der Waals surface area contributed by atoms with E-state index in [9.17, 15) is 8.42 Å². The fourth-order valence-electron chi connectivity index (χ4n) is 2.08. The molecule has 0 fully saturated rings. The zero-order chi connectivity index (χ0) is 18.1. The summed E-state index contributed by atoms with van der Waals surface area (Å²) >= 11 is 0. The van der Waals surface area contributed by atoms with Crippen LogP contribution in [0.4, 0.5) is 5.69 Å². The Hall–Kier alpha value is -1.65. The van der Waals surface area contributed by atoms with Crippen molar-refractivity contribution in [1.82, 2.24) is 10.0 Å². The molecule has 0 aliphatic heterocycles. The molecule has 0 heterocycles. The average Bonchev–Trinajstić information content (AvgIpc) is 2.58. The number of anilines is 1. The molecule has 0 amide bonds. The molecule has 2 rings (SSSR count). The lowest BCUT2D eigenvalue weighted by atomic mass is 10.1. The second-order valence-corrected chi connectivity index (χ2v) is 7.57. The normalized spacial score (nSPS) is 11.5. The Kier molecular flexibility index (Phi) is 9.60. The number of hydrogen-bond acceptors (Lipinski definition) is 3. The second kappa shape index (κ2) is 11.1. The highest BCUT2D eigenvalue weighted by molar-refractivity contribution is 14.0. The van der Waals surface area contributed by atoms with E-state index in [2.05, 4.69) is 32.5 Å². The van der Waals surface area contributed by atoms with Gasteiger partial charge < -0.3 is 10.6 Å². The van der Waals surface area contributed by atoms with E-state index in [1.165, 1.54) is 5.56 Å². The van der Waals surface area contributed by atoms with Crippen LogP contribution >= 0.6 is 24.0 Å². The molecule has 0 aliphatic rings. The highest BCUT2D eigenvalue weighted by Gasteiger charge is 2.02. The first kappa shape index (κ1) is 22.4. The van der Waals surface area contributed by atoms with Crippen LogP contribution in [0.5, 0.6) is 0 Å². The first-order chi connectivity index (χ1) is 11.9. The van der Waals surface area contributed by atoms with Crippen LogP contribution in [0.2, 0.25) is 0 Å². The van der Waals surface area contributed by atoms with Gasteiger partial charge in [0, 0.05) is 18.8 Å². The molecule has 2 aromatic rings. The number of halogens is 1. The summed E-state index contributed by atoms with van der Waals surface area (Å²) in [6.45, 7) is 3.30. The van der Waals surface area contributed by atoms with E-state index in [1.54, 1.807) is 0 Å². The van der Waals surface area contributed by atoms with Crippen molar-refractivity contribution in [3.8, 4) is 0 Å². The molecule has 142 valence electrons. The minimum Gasteiger partial charge on any atom is -0.355 e. The summed E-state index contributed by atoms with van der Waals surface area (Å²) in [6.07, 6.45) is 1.14. The fraction of sp³-hybridized carbons (Fsp3) is 0.278. The third-order valence-electron chi connectivity index (χ3n) is 3.36. The molecule has 0 saturated heterocycles. The first-order valence-electron chi connectivity index (χ1n) is 8.03. The first-order valence-corrected chi connectivity index (χ1v) is 9.92. The zero-order valence-corrected chi connectivity index (χ0v) is 18.0. The molecular formula is C18H25IN4O2S. The lowest BCUT2D eigenvalue weighted by molar-refractivity contribution is 0.587. The molecule has 26 heavy (non-hydrogen) atoms. The Morgan fingerprint density at radius 2 is 1.65 bits per heavy atom. The van der Waals surface area contributed by atoms with Gasteiger partial charge in [-0.05, 0) is 24.6 Å². The van der Waals surface area contributed by atoms with E-state index in [0.717, 1.165) is 17.5 Å². The molecule has 2 aromatic carbocycles. The number of nitrogens with zero attached hydrogens (tertiary/aromatic N) is 1. The molecule has 8 heteroatoms. The third kappa shape index (κ3) is 9.16. The molecule has 0 aromatic heterocycles. The van der Waals surface area contributed by atoms with Crippen LogP contribution in [0.15, 0.2) is 59.6 Å². The predicted molar refractivity (Wildman–Crippen MR) is 119 cm³/mol. The number of aliphatic imine (C=N–C) groups is 1. The van der Waals surface area contributed by atoms with Gasteiger partial charge in [-0.2, -0.15) is 0 Å². The largest absolute Gasteiger partial charge is 0.355 e. The number of nitrogens with one attached hydrogen (secondary N) is 3. The lowest BCUT2D eigenvalue weighted by Gasteiger charge is -2.13. The van der Waals surface area contributed by atoms with E-state index in [4.69, 9.17) is 0 Å². The van der Waals surface area contributed by atoms with Crippen molar-refractivity contribution in [3.05, 3.63) is 65.7 Å². The van der Waals surface area contributed by atoms with Gasteiger partial charge in [-0.15, -0.1) is 24.0 Å². The van der Waals surface area contributed by atoms with Crippen molar-refractivity contribution in [2.75, 3.05) is 24.7 Å². The van der Waals surface area contributed by atoms with E-state index >= 15 is 0 Å². The van der Waals surface area contributed by atoms with E-state index in [1.807, 2.05) is 49.4 Å². The van der Waals surface area contributed by atoms with Crippen molar-refractivity contribution in [2.24, 2.45) is 4.99 Å². The van der Waals surface area contributed by atoms with Gasteiger partial charge in [-0.3, -0.25) is 0 Å². The van der Waals surface area contributed by atoms with Gasteiger partial charge >= 0.3 is 0 Å². The quantitative estimate of drug-likeness (QED) is 0.242. The lowest BCUT2D eigenvalue weighted by Crippen LogP contribution is -2.37. The standard InChI is InChI=1S/C18H24N4O2S.HI/c1-15-8-10-16(11-9-15)14-20-18(19-12-13-21-25(2,23)24)22-17-6-4-3-5-7-17;/h3-11,21H,12-14H2,1-2H3,(H2,19,20,22);1H. The van der Waals surface area contributed by atoms with Gasteiger partial charge in [-0.1, -0.05) is 48.0 Å². The maximum absolute atomic E-state index is 11.1. The van der Waals surface area contributed by atoms with Crippen molar-refractivity contribution in [1.29, 1.82) is 0 Å². The molecule has 0 radical (unpaired) electrons. The number of hydrogen-bond donors (Lipinski definition) is 3. The molecule has 0 saturated carbocycles. The number of aryl methyl sites for hydroxylation is 1. The van der Waals surface area contributed by atoms with E-state index < -0.39 is 10.0 Å². The molecule has 0 spiro atoms. The van der Waals surface area contributed by atoms with Crippen LogP contribution in [0.25, 0.3) is 0 Å². The molecule has 0 aliphatic carbocycles. The van der Waals surface area contributed by atoms with Crippen LogP contribution in [0.3, 0.4) is 0 Å². The summed E-state index contributed by atoms with van der Waals surface area (Å²) in [4.78, 5) is 4.57. The molecule has 0 bridgehead atoms. The molecule has 0 unspecified atom stereocenters. The summed E-state index contributed by atoms with van der Waals surface area (Å²) < 4.78 is 24.7. The average molecular weight is 488 g/mol. The highest BCUT2D eigenvalue weighted by atomic mass is 127. The second-order valence-electron chi connectivity index (χ2n) is 5.73. The van der Waals surface area contributed by atoms with Crippen LogP contribution in [0.1, 0.15) is 11.1 Å². The van der Waals surface area contributed by atoms with E-state index in [0.29, 0.717) is 25.6 Å². The molecule has 3 N–H and O–H groups in total. The zero-order valence-electron chi connectivity index (χ0n) is 14.9.